The molecule has 1 N–H and O–H groups in total. The summed E-state index contributed by atoms with van der Waals surface area (Å²) in [7, 11) is 1.65. The number of hydrogen-bond donors (Lipinski definition) is 1. The summed E-state index contributed by atoms with van der Waals surface area (Å²) in [6.45, 7) is 0.474. The third-order valence-electron chi connectivity index (χ3n) is 4.20. The van der Waals surface area contributed by atoms with E-state index in [1.54, 1.807) is 7.05 Å². The summed E-state index contributed by atoms with van der Waals surface area (Å²) >= 11 is 0. The first-order chi connectivity index (χ1) is 11.9. The molecule has 0 bridgehead atoms. The monoisotopic (exact) mass is 346 g/mol. The van der Waals surface area contributed by atoms with Crippen LogP contribution in [0.15, 0.2) is 54.7 Å². The topological polar surface area (TPSA) is 36.1 Å². The first-order valence-corrected chi connectivity index (χ1v) is 7.84. The standard InChI is InChI=1S/C19H17F3N2O/c1-24(11-10-14-12-23-17-5-3-2-4-16(14)17)18(25)13-6-8-15(9-7-13)19(20,21)22/h2-9,12,23H,10-11H2,1H3. The molecule has 0 spiro atoms. The number of H-pyrrole nitrogens is 1. The highest BCUT2D eigenvalue weighted by atomic mass is 19.4. The third-order valence-corrected chi connectivity index (χ3v) is 4.20. The first kappa shape index (κ1) is 17.1. The number of aromatic amines is 1. The molecule has 0 saturated heterocycles. The number of likely N-dealkylation sites (N-methyl/N-ethyl adjacent to an activating group) is 1. The minimum atomic E-state index is -4.40. The minimum Gasteiger partial charge on any atom is -0.361 e. The number of carbonyl (C=O) groups is 1. The van der Waals surface area contributed by atoms with Gasteiger partial charge in [0.2, 0.25) is 0 Å². The smallest absolute Gasteiger partial charge is 0.361 e. The summed E-state index contributed by atoms with van der Waals surface area (Å²) in [5, 5.41) is 1.11. The van der Waals surface area contributed by atoms with Gasteiger partial charge in [-0.15, -0.1) is 0 Å². The zero-order chi connectivity index (χ0) is 18.0. The second-order valence-electron chi connectivity index (χ2n) is 5.91. The number of alkyl halides is 3. The number of para-hydroxylation sites is 1. The Kier molecular flexibility index (Phi) is 4.53. The van der Waals surface area contributed by atoms with E-state index in [1.807, 2.05) is 30.5 Å². The van der Waals surface area contributed by atoms with Gasteiger partial charge in [-0.3, -0.25) is 4.79 Å². The molecule has 6 heteroatoms. The summed E-state index contributed by atoms with van der Waals surface area (Å²) in [6.07, 6.45) is -1.82. The molecule has 0 aliphatic rings. The first-order valence-electron chi connectivity index (χ1n) is 7.84. The van der Waals surface area contributed by atoms with E-state index >= 15 is 0 Å². The van der Waals surface area contributed by atoms with Crippen LogP contribution >= 0.6 is 0 Å². The van der Waals surface area contributed by atoms with Crippen molar-refractivity contribution >= 4 is 16.8 Å². The molecule has 1 heterocycles. The predicted molar refractivity (Wildman–Crippen MR) is 90.4 cm³/mol. The second-order valence-corrected chi connectivity index (χ2v) is 5.91. The molecule has 3 aromatic rings. The van der Waals surface area contributed by atoms with Crippen molar-refractivity contribution in [2.75, 3.05) is 13.6 Å². The van der Waals surface area contributed by atoms with Crippen LogP contribution in [0.3, 0.4) is 0 Å². The zero-order valence-corrected chi connectivity index (χ0v) is 13.6. The number of halogens is 3. The normalized spacial score (nSPS) is 11.7. The van der Waals surface area contributed by atoms with Crippen LogP contribution in [0.25, 0.3) is 10.9 Å². The Balaban J connectivity index is 1.66. The second kappa shape index (κ2) is 6.63. The van der Waals surface area contributed by atoms with Crippen LogP contribution < -0.4 is 0 Å². The van der Waals surface area contributed by atoms with Crippen molar-refractivity contribution in [1.82, 2.24) is 9.88 Å². The summed E-state index contributed by atoms with van der Waals surface area (Å²) < 4.78 is 37.8. The van der Waals surface area contributed by atoms with E-state index in [0.717, 1.165) is 28.6 Å². The van der Waals surface area contributed by atoms with E-state index in [0.29, 0.717) is 13.0 Å². The van der Waals surface area contributed by atoms with E-state index < -0.39 is 11.7 Å². The van der Waals surface area contributed by atoms with Gasteiger partial charge in [-0.2, -0.15) is 13.2 Å². The molecule has 130 valence electrons. The van der Waals surface area contributed by atoms with E-state index in [4.69, 9.17) is 0 Å². The molecule has 0 saturated carbocycles. The average molecular weight is 346 g/mol. The van der Waals surface area contributed by atoms with E-state index in [-0.39, 0.29) is 11.5 Å². The Morgan fingerprint density at radius 1 is 1.08 bits per heavy atom. The van der Waals surface area contributed by atoms with Crippen molar-refractivity contribution in [3.8, 4) is 0 Å². The van der Waals surface area contributed by atoms with Crippen molar-refractivity contribution in [2.24, 2.45) is 0 Å². The molecule has 3 nitrogen and oxygen atoms in total. The maximum atomic E-state index is 12.6. The van der Waals surface area contributed by atoms with E-state index in [9.17, 15) is 18.0 Å². The van der Waals surface area contributed by atoms with Gasteiger partial charge in [-0.1, -0.05) is 18.2 Å². The largest absolute Gasteiger partial charge is 0.416 e. The van der Waals surface area contributed by atoms with Gasteiger partial charge >= 0.3 is 6.18 Å². The molecule has 0 aliphatic carbocycles. The fraction of sp³-hybridized carbons (Fsp3) is 0.211. The Morgan fingerprint density at radius 2 is 1.76 bits per heavy atom. The summed E-state index contributed by atoms with van der Waals surface area (Å²) in [6, 6.07) is 12.2. The molecular formula is C19H17F3N2O. The fourth-order valence-corrected chi connectivity index (χ4v) is 2.75. The van der Waals surface area contributed by atoms with Crippen LogP contribution in [0, 0.1) is 0 Å². The van der Waals surface area contributed by atoms with Crippen molar-refractivity contribution in [3.05, 3.63) is 71.4 Å². The highest BCUT2D eigenvalue weighted by Gasteiger charge is 2.30. The van der Waals surface area contributed by atoms with Crippen LogP contribution in [-0.2, 0) is 12.6 Å². The lowest BCUT2D eigenvalue weighted by Gasteiger charge is -2.17. The molecule has 0 aliphatic heterocycles. The number of carbonyl (C=O) groups excluding carboxylic acids is 1. The molecule has 1 amide bonds. The number of benzene rings is 2. The molecule has 3 rings (SSSR count). The van der Waals surface area contributed by atoms with Crippen LogP contribution in [0.4, 0.5) is 13.2 Å². The lowest BCUT2D eigenvalue weighted by atomic mass is 10.1. The van der Waals surface area contributed by atoms with Gasteiger partial charge < -0.3 is 9.88 Å². The Bertz CT molecular complexity index is 882. The maximum absolute atomic E-state index is 12.6. The van der Waals surface area contributed by atoms with E-state index in [1.165, 1.54) is 17.0 Å². The Labute approximate surface area is 143 Å². The van der Waals surface area contributed by atoms with Crippen molar-refractivity contribution < 1.29 is 18.0 Å². The van der Waals surface area contributed by atoms with Gasteiger partial charge in [0.05, 0.1) is 5.56 Å². The predicted octanol–water partition coefficient (Wildman–Crippen LogP) is 4.50. The van der Waals surface area contributed by atoms with E-state index in [2.05, 4.69) is 4.98 Å². The van der Waals surface area contributed by atoms with Crippen LogP contribution in [-0.4, -0.2) is 29.4 Å². The third kappa shape index (κ3) is 3.68. The number of rotatable bonds is 4. The van der Waals surface area contributed by atoms with Gasteiger partial charge in [-0.05, 0) is 42.3 Å². The van der Waals surface area contributed by atoms with Crippen molar-refractivity contribution in [1.29, 1.82) is 0 Å². The molecule has 25 heavy (non-hydrogen) atoms. The minimum absolute atomic E-state index is 0.245. The number of nitrogens with zero attached hydrogens (tertiary/aromatic N) is 1. The lowest BCUT2D eigenvalue weighted by Crippen LogP contribution is -2.28. The number of nitrogens with one attached hydrogen (secondary N) is 1. The molecule has 0 atom stereocenters. The average Bonchev–Trinajstić information content (AvgIpc) is 3.01. The number of fused-ring (bicyclic) bond motifs is 1. The molecule has 2 aromatic carbocycles. The number of hydrogen-bond acceptors (Lipinski definition) is 1. The molecule has 0 fully saturated rings. The van der Waals surface area contributed by atoms with Gasteiger partial charge in [0.25, 0.3) is 5.91 Å². The van der Waals surface area contributed by atoms with Crippen LogP contribution in [0.5, 0.6) is 0 Å². The van der Waals surface area contributed by atoms with Crippen LogP contribution in [0.1, 0.15) is 21.5 Å². The fourth-order valence-electron chi connectivity index (χ4n) is 2.75. The highest BCUT2D eigenvalue weighted by Crippen LogP contribution is 2.29. The SMILES string of the molecule is CN(CCc1c[nH]c2ccccc12)C(=O)c1ccc(C(F)(F)F)cc1. The molecular weight excluding hydrogens is 329 g/mol. The zero-order valence-electron chi connectivity index (χ0n) is 13.6. The van der Waals surface area contributed by atoms with Gasteiger partial charge in [-0.25, -0.2) is 0 Å². The number of amides is 1. The van der Waals surface area contributed by atoms with Crippen LogP contribution in [0.2, 0.25) is 0 Å². The lowest BCUT2D eigenvalue weighted by molar-refractivity contribution is -0.137. The Hall–Kier alpha value is -2.76. The summed E-state index contributed by atoms with van der Waals surface area (Å²) in [5.74, 6) is -0.298. The molecule has 0 unspecified atom stereocenters. The molecule has 1 aromatic heterocycles. The summed E-state index contributed by atoms with van der Waals surface area (Å²) in [5.41, 5.74) is 1.62. The Morgan fingerprint density at radius 3 is 2.44 bits per heavy atom. The van der Waals surface area contributed by atoms with Crippen molar-refractivity contribution in [2.45, 2.75) is 12.6 Å². The van der Waals surface area contributed by atoms with Gasteiger partial charge in [0.1, 0.15) is 0 Å². The quantitative estimate of drug-likeness (QED) is 0.742. The maximum Gasteiger partial charge on any atom is 0.416 e. The molecule has 0 radical (unpaired) electrons. The van der Waals surface area contributed by atoms with Crippen molar-refractivity contribution in [3.63, 3.8) is 0 Å². The van der Waals surface area contributed by atoms with Gasteiger partial charge in [0.15, 0.2) is 0 Å². The highest BCUT2D eigenvalue weighted by molar-refractivity contribution is 5.94. The van der Waals surface area contributed by atoms with Gasteiger partial charge in [0, 0.05) is 36.3 Å². The number of aromatic nitrogens is 1. The summed E-state index contributed by atoms with van der Waals surface area (Å²) in [4.78, 5) is 17.1.